The Bertz CT molecular complexity index is 592. The molecule has 0 atom stereocenters. The van der Waals surface area contributed by atoms with E-state index in [0.717, 1.165) is 16.9 Å². The molecule has 0 aliphatic carbocycles. The van der Waals surface area contributed by atoms with Gasteiger partial charge in [0.2, 0.25) is 5.91 Å². The molecule has 0 saturated carbocycles. The fourth-order valence-electron chi connectivity index (χ4n) is 1.78. The Balaban J connectivity index is 2.22. The molecule has 2 aromatic rings. The Hall–Kier alpha value is -2.36. The van der Waals surface area contributed by atoms with Gasteiger partial charge in [0.1, 0.15) is 11.6 Å². The molecule has 0 spiro atoms. The zero-order valence-corrected chi connectivity index (χ0v) is 11.9. The number of pyridine rings is 1. The number of ether oxygens (including phenoxy) is 1. The number of carbonyl (C=O) groups is 1. The molecule has 0 aliphatic rings. The van der Waals surface area contributed by atoms with E-state index in [2.05, 4.69) is 10.3 Å². The third-order valence-corrected chi connectivity index (χ3v) is 2.96. The Morgan fingerprint density at radius 3 is 2.55 bits per heavy atom. The lowest BCUT2D eigenvalue weighted by Gasteiger charge is -2.10. The van der Waals surface area contributed by atoms with Gasteiger partial charge in [-0.15, -0.1) is 0 Å². The third kappa shape index (κ3) is 3.15. The molecule has 20 heavy (non-hydrogen) atoms. The smallest absolute Gasteiger partial charge is 0.228 e. The second kappa shape index (κ2) is 6.19. The molecule has 0 aliphatic heterocycles. The predicted octanol–water partition coefficient (Wildman–Crippen LogP) is 3.35. The predicted molar refractivity (Wildman–Crippen MR) is 79.7 cm³/mol. The van der Waals surface area contributed by atoms with Crippen LogP contribution in [0.3, 0.4) is 0 Å². The van der Waals surface area contributed by atoms with Crippen LogP contribution in [-0.4, -0.2) is 18.0 Å². The summed E-state index contributed by atoms with van der Waals surface area (Å²) in [4.78, 5) is 15.9. The normalized spacial score (nSPS) is 10.4. The number of nitrogens with zero attached hydrogens (tertiary/aromatic N) is 1. The lowest BCUT2D eigenvalue weighted by Crippen LogP contribution is -2.18. The molecule has 4 nitrogen and oxygen atoms in total. The van der Waals surface area contributed by atoms with E-state index in [1.165, 1.54) is 0 Å². The molecule has 104 valence electrons. The van der Waals surface area contributed by atoms with Crippen LogP contribution in [0.4, 0.5) is 5.82 Å². The van der Waals surface area contributed by atoms with Crippen LogP contribution in [-0.2, 0) is 4.79 Å². The van der Waals surface area contributed by atoms with Crippen LogP contribution in [0, 0.1) is 5.92 Å². The third-order valence-electron chi connectivity index (χ3n) is 2.96. The largest absolute Gasteiger partial charge is 0.496 e. The van der Waals surface area contributed by atoms with E-state index >= 15 is 0 Å². The van der Waals surface area contributed by atoms with Gasteiger partial charge >= 0.3 is 0 Å². The number of hydrogen-bond acceptors (Lipinski definition) is 3. The van der Waals surface area contributed by atoms with Gasteiger partial charge in [0.15, 0.2) is 0 Å². The van der Waals surface area contributed by atoms with E-state index < -0.39 is 0 Å². The number of benzene rings is 1. The second-order valence-electron chi connectivity index (χ2n) is 4.78. The van der Waals surface area contributed by atoms with Crippen LogP contribution in [0.1, 0.15) is 13.8 Å². The lowest BCUT2D eigenvalue weighted by molar-refractivity contribution is -0.118. The van der Waals surface area contributed by atoms with Crippen LogP contribution < -0.4 is 10.1 Å². The number of rotatable bonds is 4. The molecule has 1 N–H and O–H groups in total. The van der Waals surface area contributed by atoms with Crippen molar-refractivity contribution >= 4 is 11.7 Å². The minimum atomic E-state index is -0.0642. The Morgan fingerprint density at radius 1 is 1.20 bits per heavy atom. The van der Waals surface area contributed by atoms with Crippen molar-refractivity contribution in [3.05, 3.63) is 42.6 Å². The number of aromatic nitrogens is 1. The summed E-state index contributed by atoms with van der Waals surface area (Å²) in [5, 5.41) is 2.77. The van der Waals surface area contributed by atoms with Gasteiger partial charge in [-0.1, -0.05) is 32.0 Å². The molecule has 4 heteroatoms. The highest BCUT2D eigenvalue weighted by molar-refractivity contribution is 5.91. The minimum absolute atomic E-state index is 0.0393. The molecule has 0 saturated heterocycles. The first-order valence-corrected chi connectivity index (χ1v) is 6.52. The van der Waals surface area contributed by atoms with Gasteiger partial charge in [-0.3, -0.25) is 4.79 Å². The number of para-hydroxylation sites is 1. The molecule has 1 heterocycles. The number of methoxy groups -OCH3 is 1. The maximum atomic E-state index is 11.6. The highest BCUT2D eigenvalue weighted by Crippen LogP contribution is 2.29. The van der Waals surface area contributed by atoms with Crippen molar-refractivity contribution in [1.29, 1.82) is 0 Å². The molecule has 0 fully saturated rings. The number of hydrogen-bond donors (Lipinski definition) is 1. The molecule has 1 aromatic heterocycles. The summed E-state index contributed by atoms with van der Waals surface area (Å²) in [6, 6.07) is 11.5. The minimum Gasteiger partial charge on any atom is -0.496 e. The SMILES string of the molecule is COc1ccccc1-c1ccc(NC(=O)C(C)C)nc1. The summed E-state index contributed by atoms with van der Waals surface area (Å²) in [6.07, 6.45) is 1.73. The van der Waals surface area contributed by atoms with Crippen LogP contribution in [0.5, 0.6) is 5.75 Å². The molecule has 1 aromatic carbocycles. The number of carbonyl (C=O) groups excluding carboxylic acids is 1. The summed E-state index contributed by atoms with van der Waals surface area (Å²) in [6.45, 7) is 3.69. The summed E-state index contributed by atoms with van der Waals surface area (Å²) >= 11 is 0. The zero-order valence-electron chi connectivity index (χ0n) is 11.9. The number of amides is 1. The van der Waals surface area contributed by atoms with E-state index in [4.69, 9.17) is 4.74 Å². The Kier molecular flexibility index (Phi) is 4.35. The van der Waals surface area contributed by atoms with Gasteiger partial charge in [-0.05, 0) is 18.2 Å². The first-order chi connectivity index (χ1) is 9.61. The average molecular weight is 270 g/mol. The summed E-state index contributed by atoms with van der Waals surface area (Å²) in [5.74, 6) is 1.25. The molecule has 0 unspecified atom stereocenters. The van der Waals surface area contributed by atoms with Gasteiger partial charge in [-0.2, -0.15) is 0 Å². The average Bonchev–Trinajstić information content (AvgIpc) is 2.48. The highest BCUT2D eigenvalue weighted by atomic mass is 16.5. The Labute approximate surface area is 118 Å². The fourth-order valence-corrected chi connectivity index (χ4v) is 1.78. The summed E-state index contributed by atoms with van der Waals surface area (Å²) in [7, 11) is 1.64. The van der Waals surface area contributed by atoms with Crippen LogP contribution in [0.2, 0.25) is 0 Å². The van der Waals surface area contributed by atoms with Crippen molar-refractivity contribution in [3.63, 3.8) is 0 Å². The molecule has 2 rings (SSSR count). The standard InChI is InChI=1S/C16H18N2O2/c1-11(2)16(19)18-15-9-8-12(10-17-15)13-6-4-5-7-14(13)20-3/h4-11H,1-3H3,(H,17,18,19). The maximum absolute atomic E-state index is 11.6. The fraction of sp³-hybridized carbons (Fsp3) is 0.250. The van der Waals surface area contributed by atoms with Gasteiger partial charge in [-0.25, -0.2) is 4.98 Å². The van der Waals surface area contributed by atoms with E-state index in [-0.39, 0.29) is 11.8 Å². The first-order valence-electron chi connectivity index (χ1n) is 6.52. The molecule has 0 radical (unpaired) electrons. The van der Waals surface area contributed by atoms with Gasteiger partial charge in [0, 0.05) is 23.2 Å². The van der Waals surface area contributed by atoms with Crippen molar-refractivity contribution < 1.29 is 9.53 Å². The van der Waals surface area contributed by atoms with Gasteiger partial charge in [0.05, 0.1) is 7.11 Å². The number of nitrogens with one attached hydrogen (secondary N) is 1. The lowest BCUT2D eigenvalue weighted by atomic mass is 10.1. The number of anilines is 1. The van der Waals surface area contributed by atoms with Crippen LogP contribution >= 0.6 is 0 Å². The summed E-state index contributed by atoms with van der Waals surface area (Å²) in [5.41, 5.74) is 1.93. The Morgan fingerprint density at radius 2 is 1.95 bits per heavy atom. The topological polar surface area (TPSA) is 51.2 Å². The molecule has 1 amide bonds. The van der Waals surface area contributed by atoms with Crippen molar-refractivity contribution in [2.75, 3.05) is 12.4 Å². The van der Waals surface area contributed by atoms with Crippen molar-refractivity contribution in [2.24, 2.45) is 5.92 Å². The quantitative estimate of drug-likeness (QED) is 0.927. The van der Waals surface area contributed by atoms with E-state index in [9.17, 15) is 4.79 Å². The highest BCUT2D eigenvalue weighted by Gasteiger charge is 2.09. The molecular weight excluding hydrogens is 252 g/mol. The molecule has 0 bridgehead atoms. The maximum Gasteiger partial charge on any atom is 0.228 e. The van der Waals surface area contributed by atoms with Crippen LogP contribution in [0.15, 0.2) is 42.6 Å². The van der Waals surface area contributed by atoms with Crippen LogP contribution in [0.25, 0.3) is 11.1 Å². The van der Waals surface area contributed by atoms with E-state index in [1.807, 2.05) is 44.2 Å². The van der Waals surface area contributed by atoms with E-state index in [0.29, 0.717) is 5.82 Å². The zero-order chi connectivity index (χ0) is 14.5. The summed E-state index contributed by atoms with van der Waals surface area (Å²) < 4.78 is 5.33. The van der Waals surface area contributed by atoms with Gasteiger partial charge < -0.3 is 10.1 Å². The monoisotopic (exact) mass is 270 g/mol. The van der Waals surface area contributed by atoms with Gasteiger partial charge in [0.25, 0.3) is 0 Å². The molecular formula is C16H18N2O2. The second-order valence-corrected chi connectivity index (χ2v) is 4.78. The van der Waals surface area contributed by atoms with Crippen molar-refractivity contribution in [1.82, 2.24) is 4.98 Å². The first kappa shape index (κ1) is 14.1. The van der Waals surface area contributed by atoms with Crippen molar-refractivity contribution in [3.8, 4) is 16.9 Å². The van der Waals surface area contributed by atoms with Crippen molar-refractivity contribution in [2.45, 2.75) is 13.8 Å². The van der Waals surface area contributed by atoms with E-state index in [1.54, 1.807) is 19.4 Å².